The van der Waals surface area contributed by atoms with E-state index in [1.807, 2.05) is 36.4 Å². The smallest absolute Gasteiger partial charge is 0.224 e. The summed E-state index contributed by atoms with van der Waals surface area (Å²) in [7, 11) is 0. The van der Waals surface area contributed by atoms with E-state index in [4.69, 9.17) is 9.84 Å². The summed E-state index contributed by atoms with van der Waals surface area (Å²) in [5.74, 6) is 0. The summed E-state index contributed by atoms with van der Waals surface area (Å²) >= 11 is 0. The Hall–Kier alpha value is -1.91. The van der Waals surface area contributed by atoms with E-state index in [0.717, 1.165) is 15.5 Å². The Kier molecular flexibility index (Phi) is 4.28. The van der Waals surface area contributed by atoms with Crippen molar-refractivity contribution >= 4 is 22.7 Å². The van der Waals surface area contributed by atoms with Crippen molar-refractivity contribution in [3.63, 3.8) is 0 Å². The fraction of sp³-hybridized carbons (Fsp3) is 0.214. The average molecular weight is 245 g/mol. The summed E-state index contributed by atoms with van der Waals surface area (Å²) in [6.07, 6.45) is 1.41. The van der Waals surface area contributed by atoms with Gasteiger partial charge in [0.25, 0.3) is 0 Å². The zero-order valence-electron chi connectivity index (χ0n) is 9.95. The molecule has 0 heterocycles. The van der Waals surface area contributed by atoms with Crippen LogP contribution in [0.25, 0.3) is 10.8 Å². The Labute approximate surface area is 105 Å². The average Bonchev–Trinajstić information content (AvgIpc) is 2.43. The van der Waals surface area contributed by atoms with Crippen molar-refractivity contribution in [3.8, 4) is 0 Å². The van der Waals surface area contributed by atoms with Crippen LogP contribution >= 0.6 is 0 Å². The largest absolute Gasteiger partial charge is 0.618 e. The molecule has 2 rings (SSSR count). The van der Waals surface area contributed by atoms with Gasteiger partial charge in [-0.2, -0.15) is 4.74 Å². The Morgan fingerprint density at radius 1 is 1.17 bits per heavy atom. The number of fused-ring (bicyclic) bond motifs is 1. The molecule has 0 atom stereocenters. The Balaban J connectivity index is 2.24. The summed E-state index contributed by atoms with van der Waals surface area (Å²) in [6, 6.07) is 13.3. The summed E-state index contributed by atoms with van der Waals surface area (Å²) in [6.45, 7) is 0.383. The molecule has 0 aromatic heterocycles. The van der Waals surface area contributed by atoms with Gasteiger partial charge in [-0.15, -0.1) is 0 Å². The van der Waals surface area contributed by atoms with Crippen LogP contribution in [0.4, 0.5) is 5.69 Å². The predicted octanol–water partition coefficient (Wildman–Crippen LogP) is 2.06. The first-order valence-corrected chi connectivity index (χ1v) is 5.79. The number of aliphatic hydroxyl groups excluding tert-OH is 1. The topological polar surface area (TPSA) is 55.5 Å². The van der Waals surface area contributed by atoms with E-state index in [1.54, 1.807) is 6.07 Å². The highest BCUT2D eigenvalue weighted by atomic mass is 16.5. The molecule has 2 aromatic rings. The molecule has 0 aliphatic carbocycles. The Bertz CT molecular complexity index is 546. The second-order valence-corrected chi connectivity index (χ2v) is 3.81. The van der Waals surface area contributed by atoms with Crippen LogP contribution in [0.3, 0.4) is 0 Å². The molecule has 94 valence electrons. The molecule has 0 saturated carbocycles. The van der Waals surface area contributed by atoms with Crippen LogP contribution in [0.2, 0.25) is 0 Å². The Morgan fingerprint density at radius 3 is 2.78 bits per heavy atom. The molecule has 4 heteroatoms. The molecule has 0 unspecified atom stereocenters. The van der Waals surface area contributed by atoms with Gasteiger partial charge in [0.15, 0.2) is 6.21 Å². The standard InChI is InChI=1S/C14H15NO3/c16-9-11-18-10-8-15(17)14-7-3-5-12-4-1-2-6-13(12)14/h1-8,16H,9-11H2. The van der Waals surface area contributed by atoms with Crippen LogP contribution < -0.4 is 0 Å². The maximum atomic E-state index is 11.9. The molecule has 0 radical (unpaired) electrons. The molecule has 0 aliphatic heterocycles. The lowest BCUT2D eigenvalue weighted by Crippen LogP contribution is -2.07. The van der Waals surface area contributed by atoms with Gasteiger partial charge >= 0.3 is 0 Å². The number of aliphatic hydroxyl groups is 1. The van der Waals surface area contributed by atoms with E-state index in [-0.39, 0.29) is 19.8 Å². The summed E-state index contributed by atoms with van der Waals surface area (Å²) in [5.41, 5.74) is 0.598. The number of ether oxygens (including phenoxy) is 1. The molecular weight excluding hydrogens is 230 g/mol. The number of nitrogens with zero attached hydrogens (tertiary/aromatic N) is 1. The van der Waals surface area contributed by atoms with Crippen LogP contribution in [0.15, 0.2) is 42.5 Å². The number of hydrogen-bond acceptors (Lipinski definition) is 3. The second kappa shape index (κ2) is 6.14. The van der Waals surface area contributed by atoms with E-state index in [9.17, 15) is 5.21 Å². The molecule has 18 heavy (non-hydrogen) atoms. The first kappa shape index (κ1) is 12.5. The quantitative estimate of drug-likeness (QED) is 0.288. The van der Waals surface area contributed by atoms with Crippen molar-refractivity contribution in [1.29, 1.82) is 0 Å². The van der Waals surface area contributed by atoms with Gasteiger partial charge in [0.1, 0.15) is 6.61 Å². The van der Waals surface area contributed by atoms with Crippen LogP contribution in [-0.4, -0.2) is 35.9 Å². The lowest BCUT2D eigenvalue weighted by Gasteiger charge is -2.06. The highest BCUT2D eigenvalue weighted by Gasteiger charge is 2.06. The minimum atomic E-state index is -0.0407. The Morgan fingerprint density at radius 2 is 1.94 bits per heavy atom. The summed E-state index contributed by atoms with van der Waals surface area (Å²) in [4.78, 5) is 0. The maximum absolute atomic E-state index is 11.9. The van der Waals surface area contributed by atoms with Crippen LogP contribution in [0.5, 0.6) is 0 Å². The minimum absolute atomic E-state index is 0.0407. The van der Waals surface area contributed by atoms with Crippen molar-refractivity contribution in [1.82, 2.24) is 0 Å². The maximum Gasteiger partial charge on any atom is 0.224 e. The molecular formula is C14H15NO3. The predicted molar refractivity (Wildman–Crippen MR) is 71.2 cm³/mol. The molecule has 0 bridgehead atoms. The highest BCUT2D eigenvalue weighted by molar-refractivity contribution is 5.91. The molecule has 1 N–H and O–H groups in total. The number of hydrogen-bond donors (Lipinski definition) is 1. The third kappa shape index (κ3) is 2.85. The van der Waals surface area contributed by atoms with E-state index in [1.165, 1.54) is 6.21 Å². The lowest BCUT2D eigenvalue weighted by atomic mass is 10.1. The van der Waals surface area contributed by atoms with Crippen molar-refractivity contribution < 1.29 is 14.6 Å². The molecule has 0 spiro atoms. The van der Waals surface area contributed by atoms with Gasteiger partial charge in [-0.05, 0) is 11.5 Å². The number of benzene rings is 2. The SMILES string of the molecule is [O-][N+](=CCOCCO)c1cccc2ccccc12. The van der Waals surface area contributed by atoms with Gasteiger partial charge in [0, 0.05) is 6.07 Å². The molecule has 0 aliphatic rings. The highest BCUT2D eigenvalue weighted by Crippen LogP contribution is 2.24. The van der Waals surface area contributed by atoms with Crippen molar-refractivity contribution in [2.24, 2.45) is 0 Å². The van der Waals surface area contributed by atoms with Gasteiger partial charge < -0.3 is 15.1 Å². The van der Waals surface area contributed by atoms with E-state index in [2.05, 4.69) is 0 Å². The summed E-state index contributed by atoms with van der Waals surface area (Å²) in [5, 5.41) is 22.4. The number of rotatable bonds is 5. The van der Waals surface area contributed by atoms with Crippen LogP contribution in [0.1, 0.15) is 0 Å². The molecule has 0 fully saturated rings. The zero-order chi connectivity index (χ0) is 12.8. The first-order valence-electron chi connectivity index (χ1n) is 5.79. The fourth-order valence-corrected chi connectivity index (χ4v) is 1.77. The lowest BCUT2D eigenvalue weighted by molar-refractivity contribution is -0.355. The van der Waals surface area contributed by atoms with Gasteiger partial charge in [-0.25, -0.2) is 0 Å². The fourth-order valence-electron chi connectivity index (χ4n) is 1.77. The normalized spacial score (nSPS) is 11.9. The monoisotopic (exact) mass is 245 g/mol. The zero-order valence-corrected chi connectivity index (χ0v) is 9.95. The van der Waals surface area contributed by atoms with E-state index < -0.39 is 0 Å². The molecule has 0 saturated heterocycles. The van der Waals surface area contributed by atoms with Crippen molar-refractivity contribution in [3.05, 3.63) is 47.7 Å². The van der Waals surface area contributed by atoms with Gasteiger partial charge in [0.2, 0.25) is 5.69 Å². The molecule has 0 amide bonds. The second-order valence-electron chi connectivity index (χ2n) is 3.81. The van der Waals surface area contributed by atoms with E-state index in [0.29, 0.717) is 5.69 Å². The van der Waals surface area contributed by atoms with Crippen LogP contribution in [-0.2, 0) is 4.74 Å². The van der Waals surface area contributed by atoms with Crippen LogP contribution in [0, 0.1) is 5.21 Å². The third-order valence-electron chi connectivity index (χ3n) is 2.60. The van der Waals surface area contributed by atoms with Crippen molar-refractivity contribution in [2.45, 2.75) is 0 Å². The summed E-state index contributed by atoms with van der Waals surface area (Å²) < 4.78 is 5.85. The van der Waals surface area contributed by atoms with Gasteiger partial charge in [-0.1, -0.05) is 30.3 Å². The minimum Gasteiger partial charge on any atom is -0.618 e. The first-order chi connectivity index (χ1) is 8.83. The third-order valence-corrected chi connectivity index (χ3v) is 2.60. The van der Waals surface area contributed by atoms with Gasteiger partial charge in [-0.3, -0.25) is 0 Å². The van der Waals surface area contributed by atoms with Gasteiger partial charge in [0.05, 0.1) is 18.6 Å². The molecule has 4 nitrogen and oxygen atoms in total. The van der Waals surface area contributed by atoms with Crippen molar-refractivity contribution in [2.75, 3.05) is 19.8 Å². The molecule has 2 aromatic carbocycles. The van der Waals surface area contributed by atoms with E-state index >= 15 is 0 Å².